The first-order valence-corrected chi connectivity index (χ1v) is 7.14. The lowest BCUT2D eigenvalue weighted by Crippen LogP contribution is -2.48. The van der Waals surface area contributed by atoms with Crippen LogP contribution in [0, 0.1) is 0 Å². The largest absolute Gasteiger partial charge is 0.480 e. The number of para-hydroxylation sites is 1. The highest BCUT2D eigenvalue weighted by atomic mass is 16.6. The molecule has 1 heterocycles. The summed E-state index contributed by atoms with van der Waals surface area (Å²) in [6.07, 6.45) is -2.28. The molecule has 2 atom stereocenters. The van der Waals surface area contributed by atoms with Crippen LogP contribution in [0.2, 0.25) is 0 Å². The number of hydrogen-bond donors (Lipinski definition) is 3. The number of aromatic nitrogens is 2. The molecule has 2 aromatic rings. The van der Waals surface area contributed by atoms with Crippen LogP contribution in [0.15, 0.2) is 24.3 Å². The third-order valence-electron chi connectivity index (χ3n) is 3.34. The van der Waals surface area contributed by atoms with E-state index < -0.39 is 36.1 Å². The fourth-order valence-corrected chi connectivity index (χ4v) is 2.24. The van der Waals surface area contributed by atoms with E-state index in [2.05, 4.69) is 10.4 Å². The van der Waals surface area contributed by atoms with Gasteiger partial charge in [-0.15, -0.1) is 0 Å². The standard InChI is InChI=1S/C15H15N3O7/c1-7(11(13(20)21)16-8(2)19)25-15(24)18-10-6-4-3-5-9(10)12(17-18)14(22)23/h3-7,11H,1-2H3,(H,16,19)(H,20,21)(H,22,23). The van der Waals surface area contributed by atoms with Gasteiger partial charge in [-0.25, -0.2) is 14.4 Å². The minimum absolute atomic E-state index is 0.198. The van der Waals surface area contributed by atoms with Crippen molar-refractivity contribution < 1.29 is 34.1 Å². The van der Waals surface area contributed by atoms with Gasteiger partial charge in [-0.2, -0.15) is 9.78 Å². The predicted octanol–water partition coefficient (Wildman–Crippen LogP) is 0.697. The van der Waals surface area contributed by atoms with E-state index in [9.17, 15) is 19.2 Å². The maximum Gasteiger partial charge on any atom is 0.435 e. The molecule has 0 aliphatic carbocycles. The number of fused-ring (bicyclic) bond motifs is 1. The molecule has 0 aliphatic rings. The first-order valence-electron chi connectivity index (χ1n) is 7.14. The number of carboxylic acid groups (broad SMARTS) is 2. The van der Waals surface area contributed by atoms with Crippen molar-refractivity contribution >= 4 is 34.8 Å². The molecule has 3 N–H and O–H groups in total. The number of rotatable bonds is 5. The quantitative estimate of drug-likeness (QED) is 0.714. The predicted molar refractivity (Wildman–Crippen MR) is 83.3 cm³/mol. The number of hydrogen-bond acceptors (Lipinski definition) is 6. The van der Waals surface area contributed by atoms with Gasteiger partial charge in [0.25, 0.3) is 0 Å². The summed E-state index contributed by atoms with van der Waals surface area (Å²) in [5.74, 6) is -3.31. The molecule has 0 bridgehead atoms. The molecule has 1 aromatic carbocycles. The molecule has 0 spiro atoms. The van der Waals surface area contributed by atoms with Gasteiger partial charge in [0.2, 0.25) is 5.91 Å². The molecule has 25 heavy (non-hydrogen) atoms. The molecule has 1 aromatic heterocycles. The van der Waals surface area contributed by atoms with E-state index in [0.717, 1.165) is 11.6 Å². The molecule has 0 aliphatic heterocycles. The first kappa shape index (κ1) is 17.9. The molecule has 132 valence electrons. The molecule has 2 unspecified atom stereocenters. The highest BCUT2D eigenvalue weighted by Crippen LogP contribution is 2.19. The number of carboxylic acids is 2. The summed E-state index contributed by atoms with van der Waals surface area (Å²) in [4.78, 5) is 45.8. The molecule has 2 rings (SSSR count). The molecule has 0 radical (unpaired) electrons. The normalized spacial score (nSPS) is 13.0. The van der Waals surface area contributed by atoms with Gasteiger partial charge < -0.3 is 20.3 Å². The van der Waals surface area contributed by atoms with E-state index in [4.69, 9.17) is 14.9 Å². The van der Waals surface area contributed by atoms with Crippen LogP contribution in [-0.4, -0.2) is 56.1 Å². The number of nitrogens with one attached hydrogen (secondary N) is 1. The second-order valence-corrected chi connectivity index (χ2v) is 5.19. The molecule has 0 saturated carbocycles. The Morgan fingerprint density at radius 1 is 1.20 bits per heavy atom. The average molecular weight is 349 g/mol. The number of aromatic carboxylic acids is 1. The number of ether oxygens (including phenoxy) is 1. The van der Waals surface area contributed by atoms with E-state index in [0.29, 0.717) is 0 Å². The molecular formula is C15H15N3O7. The fraction of sp³-hybridized carbons (Fsp3) is 0.267. The van der Waals surface area contributed by atoms with Crippen molar-refractivity contribution in [3.8, 4) is 0 Å². The molecule has 0 fully saturated rings. The third kappa shape index (κ3) is 3.74. The van der Waals surface area contributed by atoms with Crippen molar-refractivity contribution in [2.24, 2.45) is 0 Å². The van der Waals surface area contributed by atoms with Crippen LogP contribution in [0.5, 0.6) is 0 Å². The number of carbonyl (C=O) groups is 4. The van der Waals surface area contributed by atoms with Gasteiger partial charge in [-0.1, -0.05) is 18.2 Å². The van der Waals surface area contributed by atoms with Crippen molar-refractivity contribution in [2.75, 3.05) is 0 Å². The number of amides is 1. The van der Waals surface area contributed by atoms with Crippen LogP contribution < -0.4 is 5.32 Å². The van der Waals surface area contributed by atoms with Crippen LogP contribution in [0.25, 0.3) is 10.9 Å². The van der Waals surface area contributed by atoms with Crippen molar-refractivity contribution in [3.05, 3.63) is 30.0 Å². The Morgan fingerprint density at radius 3 is 2.40 bits per heavy atom. The maximum atomic E-state index is 12.3. The van der Waals surface area contributed by atoms with Crippen LogP contribution in [0.1, 0.15) is 24.3 Å². The summed E-state index contributed by atoms with van der Waals surface area (Å²) in [7, 11) is 0. The lowest BCUT2D eigenvalue weighted by Gasteiger charge is -2.20. The minimum Gasteiger partial charge on any atom is -0.480 e. The van der Waals surface area contributed by atoms with Crippen molar-refractivity contribution in [1.82, 2.24) is 15.1 Å². The molecule has 10 heteroatoms. The SMILES string of the molecule is CC(=O)NC(C(=O)O)C(C)OC(=O)n1nc(C(=O)O)c2ccccc21. The van der Waals surface area contributed by atoms with Crippen molar-refractivity contribution in [1.29, 1.82) is 0 Å². The second kappa shape index (κ2) is 6.99. The fourth-order valence-electron chi connectivity index (χ4n) is 2.24. The lowest BCUT2D eigenvalue weighted by atomic mass is 10.2. The van der Waals surface area contributed by atoms with Gasteiger partial charge in [0.1, 0.15) is 6.10 Å². The number of aliphatic carboxylic acids is 1. The Labute approximate surface area is 141 Å². The van der Waals surface area contributed by atoms with E-state index >= 15 is 0 Å². The van der Waals surface area contributed by atoms with E-state index in [-0.39, 0.29) is 16.6 Å². The van der Waals surface area contributed by atoms with E-state index in [1.807, 2.05) is 0 Å². The smallest absolute Gasteiger partial charge is 0.435 e. The van der Waals surface area contributed by atoms with Gasteiger partial charge in [0, 0.05) is 12.3 Å². The molecular weight excluding hydrogens is 334 g/mol. The van der Waals surface area contributed by atoms with Gasteiger partial charge in [0.15, 0.2) is 11.7 Å². The summed E-state index contributed by atoms with van der Waals surface area (Å²) in [5, 5.41) is 24.4. The molecule has 1 amide bonds. The maximum absolute atomic E-state index is 12.3. The first-order chi connectivity index (χ1) is 11.7. The number of carbonyl (C=O) groups excluding carboxylic acids is 2. The minimum atomic E-state index is -1.46. The van der Waals surface area contributed by atoms with Crippen molar-refractivity contribution in [2.45, 2.75) is 26.0 Å². The van der Waals surface area contributed by atoms with E-state index in [1.165, 1.54) is 19.1 Å². The second-order valence-electron chi connectivity index (χ2n) is 5.19. The van der Waals surface area contributed by atoms with E-state index in [1.54, 1.807) is 12.1 Å². The Kier molecular flexibility index (Phi) is 5.01. The van der Waals surface area contributed by atoms with Crippen molar-refractivity contribution in [3.63, 3.8) is 0 Å². The van der Waals surface area contributed by atoms with Gasteiger partial charge in [-0.3, -0.25) is 4.79 Å². The van der Waals surface area contributed by atoms with Crippen LogP contribution >= 0.6 is 0 Å². The summed E-state index contributed by atoms with van der Waals surface area (Å²) >= 11 is 0. The average Bonchev–Trinajstić information content (AvgIpc) is 2.92. The summed E-state index contributed by atoms with van der Waals surface area (Å²) in [6, 6.07) is 4.67. The Balaban J connectivity index is 2.32. The molecule has 0 saturated heterocycles. The zero-order valence-electron chi connectivity index (χ0n) is 13.3. The highest BCUT2D eigenvalue weighted by molar-refractivity contribution is 6.03. The Bertz CT molecular complexity index is 858. The monoisotopic (exact) mass is 349 g/mol. The van der Waals surface area contributed by atoms with Gasteiger partial charge >= 0.3 is 18.0 Å². The molecule has 10 nitrogen and oxygen atoms in total. The summed E-state index contributed by atoms with van der Waals surface area (Å²) < 4.78 is 5.77. The van der Waals surface area contributed by atoms with Crippen LogP contribution in [0.3, 0.4) is 0 Å². The zero-order valence-corrected chi connectivity index (χ0v) is 13.3. The number of nitrogens with zero attached hydrogens (tertiary/aromatic N) is 2. The van der Waals surface area contributed by atoms with Gasteiger partial charge in [-0.05, 0) is 13.0 Å². The topological polar surface area (TPSA) is 148 Å². The zero-order chi connectivity index (χ0) is 18.7. The highest BCUT2D eigenvalue weighted by Gasteiger charge is 2.30. The third-order valence-corrected chi connectivity index (χ3v) is 3.34. The summed E-state index contributed by atoms with van der Waals surface area (Å²) in [5.41, 5.74) is -0.139. The van der Waals surface area contributed by atoms with Gasteiger partial charge in [0.05, 0.1) is 5.52 Å². The van der Waals surface area contributed by atoms with Crippen LogP contribution in [-0.2, 0) is 14.3 Å². The lowest BCUT2D eigenvalue weighted by molar-refractivity contribution is -0.144. The summed E-state index contributed by atoms with van der Waals surface area (Å²) in [6.45, 7) is 2.42. The van der Waals surface area contributed by atoms with Crippen LogP contribution in [0.4, 0.5) is 4.79 Å². The number of benzene rings is 1. The Morgan fingerprint density at radius 2 is 1.84 bits per heavy atom. The Hall–Kier alpha value is -3.43.